The van der Waals surface area contributed by atoms with Crippen LogP contribution in [0.4, 0.5) is 0 Å². The van der Waals surface area contributed by atoms with E-state index in [-0.39, 0.29) is 0 Å². The molecule has 116 valence electrons. The molecule has 4 aliphatic rings. The number of carboxylic acid groups (broad SMARTS) is 1. The summed E-state index contributed by atoms with van der Waals surface area (Å²) >= 11 is 0. The summed E-state index contributed by atoms with van der Waals surface area (Å²) in [7, 11) is 0. The molecule has 0 aromatic carbocycles. The average Bonchev–Trinajstić information content (AvgIpc) is 2.94. The second kappa shape index (κ2) is 5.44. The molecule has 0 aromatic heterocycles. The second-order valence-electron chi connectivity index (χ2n) is 8.13. The molecular formula is C19H28O2. The van der Waals surface area contributed by atoms with Crippen molar-refractivity contribution in [3.8, 4) is 0 Å². The Morgan fingerprint density at radius 1 is 1.05 bits per heavy atom. The van der Waals surface area contributed by atoms with Gasteiger partial charge in [-0.1, -0.05) is 24.5 Å². The molecule has 0 amide bonds. The Balaban J connectivity index is 1.50. The third-order valence-electron chi connectivity index (χ3n) is 7.21. The van der Waals surface area contributed by atoms with Crippen molar-refractivity contribution in [3.63, 3.8) is 0 Å². The van der Waals surface area contributed by atoms with E-state index in [0.717, 1.165) is 42.4 Å². The van der Waals surface area contributed by atoms with E-state index in [9.17, 15) is 4.79 Å². The maximum absolute atomic E-state index is 11.0. The number of hydrogen-bond acceptors (Lipinski definition) is 1. The fraction of sp³-hybridized carbons (Fsp3) is 0.842. The van der Waals surface area contributed by atoms with E-state index in [4.69, 9.17) is 5.11 Å². The second-order valence-corrected chi connectivity index (χ2v) is 8.13. The Morgan fingerprint density at radius 3 is 2.81 bits per heavy atom. The number of aliphatic carboxylic acids is 1. The molecule has 1 N–H and O–H groups in total. The summed E-state index contributed by atoms with van der Waals surface area (Å²) in [4.78, 5) is 11.0. The van der Waals surface area contributed by atoms with Crippen LogP contribution in [-0.2, 0) is 4.79 Å². The van der Waals surface area contributed by atoms with Crippen LogP contribution in [0.2, 0.25) is 0 Å². The molecule has 0 aromatic rings. The normalized spacial score (nSPS) is 45.2. The van der Waals surface area contributed by atoms with Crippen molar-refractivity contribution in [1.82, 2.24) is 0 Å². The highest BCUT2D eigenvalue weighted by molar-refractivity contribution is 5.67. The number of fused-ring (bicyclic) bond motifs is 5. The van der Waals surface area contributed by atoms with Crippen LogP contribution in [0.5, 0.6) is 0 Å². The van der Waals surface area contributed by atoms with E-state index >= 15 is 0 Å². The number of carbonyl (C=O) groups is 1. The molecule has 6 atom stereocenters. The number of allylic oxidation sites excluding steroid dienone is 2. The maximum Gasteiger partial charge on any atom is 0.303 e. The van der Waals surface area contributed by atoms with Gasteiger partial charge in [0.05, 0.1) is 0 Å². The highest BCUT2D eigenvalue weighted by Crippen LogP contribution is 2.56. The summed E-state index contributed by atoms with van der Waals surface area (Å²) in [6.45, 7) is 0. The van der Waals surface area contributed by atoms with E-state index < -0.39 is 5.97 Å². The summed E-state index contributed by atoms with van der Waals surface area (Å²) < 4.78 is 0. The topological polar surface area (TPSA) is 37.3 Å². The van der Waals surface area contributed by atoms with E-state index in [0.29, 0.717) is 12.3 Å². The van der Waals surface area contributed by atoms with Crippen molar-refractivity contribution in [2.45, 2.75) is 64.2 Å². The van der Waals surface area contributed by atoms with E-state index in [1.165, 1.54) is 44.9 Å². The minimum absolute atomic E-state index is 0.378. The van der Waals surface area contributed by atoms with E-state index in [1.54, 1.807) is 5.57 Å². The van der Waals surface area contributed by atoms with Crippen molar-refractivity contribution < 1.29 is 9.90 Å². The standard InChI is InChI=1S/C19H28O2/c20-19(21)11-12-4-7-16-14(10-12)6-9-17-15-3-1-2-13(15)5-8-18(16)17/h6,12-13,15-18H,1-5,7-11H2,(H,20,21). The fourth-order valence-corrected chi connectivity index (χ4v) is 6.39. The lowest BCUT2D eigenvalue weighted by Gasteiger charge is -2.49. The summed E-state index contributed by atoms with van der Waals surface area (Å²) in [6.07, 6.45) is 15.1. The van der Waals surface area contributed by atoms with Crippen molar-refractivity contribution >= 4 is 5.97 Å². The molecule has 3 saturated carbocycles. The minimum atomic E-state index is -0.612. The molecule has 4 rings (SSSR count). The largest absolute Gasteiger partial charge is 0.481 e. The van der Waals surface area contributed by atoms with Gasteiger partial charge in [0.25, 0.3) is 0 Å². The quantitative estimate of drug-likeness (QED) is 0.751. The lowest BCUT2D eigenvalue weighted by molar-refractivity contribution is -0.138. The Kier molecular flexibility index (Phi) is 3.59. The zero-order valence-corrected chi connectivity index (χ0v) is 13.0. The van der Waals surface area contributed by atoms with Gasteiger partial charge >= 0.3 is 5.97 Å². The molecule has 6 unspecified atom stereocenters. The van der Waals surface area contributed by atoms with E-state index in [1.807, 2.05) is 0 Å². The van der Waals surface area contributed by atoms with Gasteiger partial charge in [-0.15, -0.1) is 0 Å². The SMILES string of the molecule is O=C(O)CC1CCC2C(=CCC3C4CCCC4CCC23)C1. The molecule has 0 spiro atoms. The first-order valence-electron chi connectivity index (χ1n) is 9.13. The summed E-state index contributed by atoms with van der Waals surface area (Å²) in [6, 6.07) is 0. The fourth-order valence-electron chi connectivity index (χ4n) is 6.39. The van der Waals surface area contributed by atoms with Gasteiger partial charge in [0.15, 0.2) is 0 Å². The predicted octanol–water partition coefficient (Wildman–Crippen LogP) is 4.65. The molecule has 21 heavy (non-hydrogen) atoms. The van der Waals surface area contributed by atoms with Gasteiger partial charge in [-0.2, -0.15) is 0 Å². The number of rotatable bonds is 2. The summed E-state index contributed by atoms with van der Waals surface area (Å²) in [5, 5.41) is 9.03. The van der Waals surface area contributed by atoms with Crippen LogP contribution in [0.25, 0.3) is 0 Å². The van der Waals surface area contributed by atoms with Crippen LogP contribution < -0.4 is 0 Å². The molecule has 2 heteroatoms. The van der Waals surface area contributed by atoms with E-state index in [2.05, 4.69) is 6.08 Å². The van der Waals surface area contributed by atoms with Crippen LogP contribution >= 0.6 is 0 Å². The Labute approximate surface area is 128 Å². The smallest absolute Gasteiger partial charge is 0.303 e. The highest BCUT2D eigenvalue weighted by Gasteiger charge is 2.46. The lowest BCUT2D eigenvalue weighted by atomic mass is 9.56. The van der Waals surface area contributed by atoms with Crippen molar-refractivity contribution in [2.24, 2.45) is 35.5 Å². The monoisotopic (exact) mass is 288 g/mol. The zero-order valence-electron chi connectivity index (χ0n) is 13.0. The average molecular weight is 288 g/mol. The Bertz CT molecular complexity index is 452. The molecule has 0 aliphatic heterocycles. The number of hydrogen-bond donors (Lipinski definition) is 1. The van der Waals surface area contributed by atoms with Crippen molar-refractivity contribution in [1.29, 1.82) is 0 Å². The third-order valence-corrected chi connectivity index (χ3v) is 7.21. The first kappa shape index (κ1) is 13.8. The zero-order chi connectivity index (χ0) is 14.4. The van der Waals surface area contributed by atoms with Crippen molar-refractivity contribution in [3.05, 3.63) is 11.6 Å². The van der Waals surface area contributed by atoms with Crippen LogP contribution in [0.15, 0.2) is 11.6 Å². The number of carboxylic acids is 1. The van der Waals surface area contributed by atoms with Crippen LogP contribution in [-0.4, -0.2) is 11.1 Å². The molecule has 0 heterocycles. The van der Waals surface area contributed by atoms with Gasteiger partial charge < -0.3 is 5.11 Å². The molecule has 0 saturated heterocycles. The van der Waals surface area contributed by atoms with Crippen molar-refractivity contribution in [2.75, 3.05) is 0 Å². The van der Waals surface area contributed by atoms with Gasteiger partial charge in [0, 0.05) is 6.42 Å². The van der Waals surface area contributed by atoms with Crippen LogP contribution in [0, 0.1) is 35.5 Å². The first-order chi connectivity index (χ1) is 10.2. The van der Waals surface area contributed by atoms with Gasteiger partial charge in [-0.25, -0.2) is 0 Å². The predicted molar refractivity (Wildman–Crippen MR) is 82.8 cm³/mol. The lowest BCUT2D eigenvalue weighted by Crippen LogP contribution is -2.40. The van der Waals surface area contributed by atoms with Crippen LogP contribution in [0.3, 0.4) is 0 Å². The van der Waals surface area contributed by atoms with Gasteiger partial charge in [0.2, 0.25) is 0 Å². The molecule has 0 radical (unpaired) electrons. The third kappa shape index (κ3) is 2.45. The van der Waals surface area contributed by atoms with Gasteiger partial charge in [0.1, 0.15) is 0 Å². The molecule has 0 bridgehead atoms. The maximum atomic E-state index is 11.0. The summed E-state index contributed by atoms with van der Waals surface area (Å²) in [5.74, 6) is 4.59. The Morgan fingerprint density at radius 2 is 1.95 bits per heavy atom. The Hall–Kier alpha value is -0.790. The minimum Gasteiger partial charge on any atom is -0.481 e. The molecule has 3 fully saturated rings. The molecule has 2 nitrogen and oxygen atoms in total. The molecular weight excluding hydrogens is 260 g/mol. The van der Waals surface area contributed by atoms with Gasteiger partial charge in [-0.3, -0.25) is 4.79 Å². The highest BCUT2D eigenvalue weighted by atomic mass is 16.4. The summed E-state index contributed by atoms with van der Waals surface area (Å²) in [5.41, 5.74) is 1.64. The first-order valence-corrected chi connectivity index (χ1v) is 9.13. The molecule has 4 aliphatic carbocycles. The van der Waals surface area contributed by atoms with Gasteiger partial charge in [-0.05, 0) is 80.5 Å². The van der Waals surface area contributed by atoms with Crippen LogP contribution in [0.1, 0.15) is 64.2 Å².